The fourth-order valence-electron chi connectivity index (χ4n) is 3.79. The molecule has 2 atom stereocenters. The molecule has 2 aromatic rings. The minimum absolute atomic E-state index is 0.00178. The van der Waals surface area contributed by atoms with Crippen molar-refractivity contribution in [1.82, 2.24) is 15.5 Å². The maximum atomic E-state index is 12.4. The van der Waals surface area contributed by atoms with Gasteiger partial charge in [-0.25, -0.2) is 0 Å². The number of H-pyrrole nitrogens is 1. The van der Waals surface area contributed by atoms with Crippen LogP contribution in [0.5, 0.6) is 0 Å². The molecule has 2 unspecified atom stereocenters. The van der Waals surface area contributed by atoms with E-state index in [4.69, 9.17) is 5.73 Å². The summed E-state index contributed by atoms with van der Waals surface area (Å²) in [5, 5.41) is 9.90. The molecule has 0 bridgehead atoms. The predicted octanol–water partition coefficient (Wildman–Crippen LogP) is 2.08. The lowest BCUT2D eigenvalue weighted by atomic mass is 9.50. The van der Waals surface area contributed by atoms with E-state index in [0.717, 1.165) is 30.4 Å². The lowest BCUT2D eigenvalue weighted by Crippen LogP contribution is -2.69. The molecule has 4 rings (SSSR count). The van der Waals surface area contributed by atoms with Crippen molar-refractivity contribution in [2.24, 2.45) is 11.1 Å². The molecule has 4 N–H and O–H groups in total. The first-order valence-electron chi connectivity index (χ1n) is 7.85. The van der Waals surface area contributed by atoms with Crippen LogP contribution in [0.4, 0.5) is 0 Å². The van der Waals surface area contributed by atoms with Crippen LogP contribution in [0.25, 0.3) is 11.1 Å². The van der Waals surface area contributed by atoms with Crippen molar-refractivity contribution < 1.29 is 4.79 Å². The molecule has 2 aliphatic rings. The molecule has 2 fully saturated rings. The van der Waals surface area contributed by atoms with Crippen molar-refractivity contribution in [3.63, 3.8) is 0 Å². The van der Waals surface area contributed by atoms with Crippen molar-refractivity contribution in [1.29, 1.82) is 0 Å². The van der Waals surface area contributed by atoms with Gasteiger partial charge in [0, 0.05) is 34.8 Å². The van der Waals surface area contributed by atoms with Gasteiger partial charge in [0.15, 0.2) is 0 Å². The summed E-state index contributed by atoms with van der Waals surface area (Å²) in [6.07, 6.45) is 8.05. The van der Waals surface area contributed by atoms with Crippen molar-refractivity contribution >= 4 is 5.91 Å². The minimum atomic E-state index is 0.00178. The van der Waals surface area contributed by atoms with Crippen molar-refractivity contribution in [3.05, 3.63) is 42.2 Å². The quantitative estimate of drug-likeness (QED) is 0.810. The van der Waals surface area contributed by atoms with Gasteiger partial charge in [-0.3, -0.25) is 9.89 Å². The number of benzene rings is 1. The summed E-state index contributed by atoms with van der Waals surface area (Å²) in [5.41, 5.74) is 9.09. The second kappa shape index (κ2) is 4.95. The van der Waals surface area contributed by atoms with Gasteiger partial charge in [0.25, 0.3) is 5.91 Å². The number of aromatic nitrogens is 2. The summed E-state index contributed by atoms with van der Waals surface area (Å²) < 4.78 is 0. The summed E-state index contributed by atoms with van der Waals surface area (Å²) in [6, 6.07) is 8.14. The number of aromatic amines is 1. The summed E-state index contributed by atoms with van der Waals surface area (Å²) >= 11 is 0. The van der Waals surface area contributed by atoms with Gasteiger partial charge >= 0.3 is 0 Å². The van der Waals surface area contributed by atoms with Gasteiger partial charge in [-0.05, 0) is 37.0 Å². The Balaban J connectivity index is 1.45. The first kappa shape index (κ1) is 13.5. The van der Waals surface area contributed by atoms with E-state index >= 15 is 0 Å². The Morgan fingerprint density at radius 1 is 1.27 bits per heavy atom. The summed E-state index contributed by atoms with van der Waals surface area (Å²) in [7, 11) is 0. The number of rotatable bonds is 3. The number of amides is 1. The van der Waals surface area contributed by atoms with Gasteiger partial charge in [0.05, 0.1) is 6.20 Å². The van der Waals surface area contributed by atoms with Gasteiger partial charge in [-0.15, -0.1) is 0 Å². The van der Waals surface area contributed by atoms with Gasteiger partial charge in [-0.1, -0.05) is 18.6 Å². The van der Waals surface area contributed by atoms with E-state index in [9.17, 15) is 4.79 Å². The van der Waals surface area contributed by atoms with Crippen molar-refractivity contribution in [2.45, 2.75) is 37.8 Å². The number of nitrogens with one attached hydrogen (secondary N) is 2. The topological polar surface area (TPSA) is 83.8 Å². The molecular weight excluding hydrogens is 276 g/mol. The summed E-state index contributed by atoms with van der Waals surface area (Å²) in [5.74, 6) is 0.00178. The zero-order valence-corrected chi connectivity index (χ0v) is 12.4. The van der Waals surface area contributed by atoms with Crippen molar-refractivity contribution in [2.75, 3.05) is 0 Å². The predicted molar refractivity (Wildman–Crippen MR) is 84.2 cm³/mol. The minimum Gasteiger partial charge on any atom is -0.349 e. The number of carbonyl (C=O) groups excluding carboxylic acids is 1. The Morgan fingerprint density at radius 2 is 2.05 bits per heavy atom. The molecule has 1 heterocycles. The smallest absolute Gasteiger partial charge is 0.251 e. The normalized spacial score (nSPS) is 25.3. The Hall–Kier alpha value is -2.14. The van der Waals surface area contributed by atoms with Crippen LogP contribution < -0.4 is 11.1 Å². The van der Waals surface area contributed by atoms with E-state index in [1.807, 2.05) is 30.5 Å². The zero-order chi connectivity index (χ0) is 15.2. The van der Waals surface area contributed by atoms with Crippen LogP contribution in [-0.4, -0.2) is 28.2 Å². The monoisotopic (exact) mass is 296 g/mol. The average Bonchev–Trinajstić information content (AvgIpc) is 2.99. The summed E-state index contributed by atoms with van der Waals surface area (Å²) in [4.78, 5) is 12.4. The Labute approximate surface area is 129 Å². The molecule has 22 heavy (non-hydrogen) atoms. The van der Waals surface area contributed by atoms with E-state index in [0.29, 0.717) is 5.56 Å². The lowest BCUT2D eigenvalue weighted by Gasteiger charge is -2.60. The zero-order valence-electron chi connectivity index (χ0n) is 12.4. The maximum absolute atomic E-state index is 12.4. The third-order valence-electron chi connectivity index (χ3n) is 5.49. The number of hydrogen-bond acceptors (Lipinski definition) is 3. The number of carbonyl (C=O) groups is 1. The van der Waals surface area contributed by atoms with Gasteiger partial charge in [0.2, 0.25) is 0 Å². The van der Waals surface area contributed by atoms with Crippen LogP contribution >= 0.6 is 0 Å². The Bertz CT molecular complexity index is 673. The molecule has 0 saturated heterocycles. The third-order valence-corrected chi connectivity index (χ3v) is 5.49. The highest BCUT2D eigenvalue weighted by Crippen LogP contribution is 2.55. The molecule has 114 valence electrons. The van der Waals surface area contributed by atoms with Gasteiger partial charge < -0.3 is 11.1 Å². The first-order chi connectivity index (χ1) is 10.7. The second-order valence-electron chi connectivity index (χ2n) is 6.52. The third kappa shape index (κ3) is 1.96. The van der Waals surface area contributed by atoms with Crippen molar-refractivity contribution in [3.8, 4) is 11.1 Å². The van der Waals surface area contributed by atoms with E-state index in [1.165, 1.54) is 6.42 Å². The SMILES string of the molecule is NC1CC(NC(=O)c2ccc(-c3cn[nH]c3)cc2)C12CCC2. The highest BCUT2D eigenvalue weighted by Gasteiger charge is 2.57. The number of nitrogens with two attached hydrogens (primary N) is 1. The Kier molecular flexibility index (Phi) is 3.04. The molecule has 1 spiro atoms. The standard InChI is InChI=1S/C17H20N4O/c18-14-8-15(17(14)6-1-7-17)21-16(22)12-4-2-11(3-5-12)13-9-19-20-10-13/h2-5,9-10,14-15H,1,6-8,18H2,(H,19,20)(H,21,22). The molecule has 0 aliphatic heterocycles. The fraction of sp³-hybridized carbons (Fsp3) is 0.412. The second-order valence-corrected chi connectivity index (χ2v) is 6.52. The van der Waals surface area contributed by atoms with Gasteiger partial charge in [-0.2, -0.15) is 5.10 Å². The molecule has 5 heteroatoms. The van der Waals surface area contributed by atoms with E-state index < -0.39 is 0 Å². The molecule has 0 radical (unpaired) electrons. The molecule has 2 aliphatic carbocycles. The van der Waals surface area contributed by atoms with E-state index in [1.54, 1.807) is 6.20 Å². The highest BCUT2D eigenvalue weighted by atomic mass is 16.1. The first-order valence-corrected chi connectivity index (χ1v) is 7.85. The van der Waals surface area contributed by atoms with Crippen LogP contribution in [0.15, 0.2) is 36.7 Å². The molecule has 1 aromatic carbocycles. The van der Waals surface area contributed by atoms with Crippen LogP contribution in [0.3, 0.4) is 0 Å². The molecule has 1 aromatic heterocycles. The fourth-order valence-corrected chi connectivity index (χ4v) is 3.79. The van der Waals surface area contributed by atoms with Crippen LogP contribution in [-0.2, 0) is 0 Å². The number of hydrogen-bond donors (Lipinski definition) is 3. The highest BCUT2D eigenvalue weighted by molar-refractivity contribution is 5.95. The van der Waals surface area contributed by atoms with Crippen LogP contribution in [0.2, 0.25) is 0 Å². The van der Waals surface area contributed by atoms with Crippen LogP contribution in [0, 0.1) is 5.41 Å². The molecule has 1 amide bonds. The maximum Gasteiger partial charge on any atom is 0.251 e. The molecule has 2 saturated carbocycles. The largest absolute Gasteiger partial charge is 0.349 e. The van der Waals surface area contributed by atoms with Crippen LogP contribution in [0.1, 0.15) is 36.0 Å². The molecule has 5 nitrogen and oxygen atoms in total. The van der Waals surface area contributed by atoms with E-state index in [2.05, 4.69) is 15.5 Å². The molecular formula is C17H20N4O. The lowest BCUT2D eigenvalue weighted by molar-refractivity contribution is -0.0389. The van der Waals surface area contributed by atoms with E-state index in [-0.39, 0.29) is 23.4 Å². The van der Waals surface area contributed by atoms with Gasteiger partial charge in [0.1, 0.15) is 0 Å². The summed E-state index contributed by atoms with van der Waals surface area (Å²) in [6.45, 7) is 0. The average molecular weight is 296 g/mol. The Morgan fingerprint density at radius 3 is 2.59 bits per heavy atom. The number of nitrogens with zero attached hydrogens (tertiary/aromatic N) is 1.